The summed E-state index contributed by atoms with van der Waals surface area (Å²) >= 11 is 3.36. The molecule has 0 aliphatic heterocycles. The number of H-pyrrole nitrogens is 1. The summed E-state index contributed by atoms with van der Waals surface area (Å²) in [6, 6.07) is 8.35. The van der Waals surface area contributed by atoms with Gasteiger partial charge in [-0.25, -0.2) is 13.4 Å². The lowest BCUT2D eigenvalue weighted by Crippen LogP contribution is -2.03. The lowest BCUT2D eigenvalue weighted by atomic mass is 10.2. The van der Waals surface area contributed by atoms with Gasteiger partial charge in [0, 0.05) is 16.9 Å². The van der Waals surface area contributed by atoms with Crippen molar-refractivity contribution in [3.05, 3.63) is 52.8 Å². The summed E-state index contributed by atoms with van der Waals surface area (Å²) in [7, 11) is -3.56. The molecule has 0 bridgehead atoms. The number of aromatic amines is 1. The maximum Gasteiger partial charge on any atom is 0.207 e. The maximum atomic E-state index is 12.7. The predicted molar refractivity (Wildman–Crippen MR) is 80.4 cm³/mol. The van der Waals surface area contributed by atoms with Crippen LogP contribution in [0.15, 0.2) is 57.0 Å². The molecule has 1 aromatic carbocycles. The second-order valence-corrected chi connectivity index (χ2v) is 7.26. The van der Waals surface area contributed by atoms with E-state index >= 15 is 0 Å². The zero-order valence-electron chi connectivity index (χ0n) is 10.6. The Morgan fingerprint density at radius 3 is 2.55 bits per heavy atom. The van der Waals surface area contributed by atoms with Gasteiger partial charge in [0.2, 0.25) is 9.84 Å². The van der Waals surface area contributed by atoms with Gasteiger partial charge in [-0.05, 0) is 41.1 Å². The molecule has 0 atom stereocenters. The van der Waals surface area contributed by atoms with Crippen LogP contribution in [0.2, 0.25) is 0 Å². The average Bonchev–Trinajstić information content (AvgIpc) is 2.81. The van der Waals surface area contributed by atoms with Crippen LogP contribution in [0.1, 0.15) is 5.56 Å². The second-order valence-electron chi connectivity index (χ2n) is 4.49. The predicted octanol–water partition coefficient (Wildman–Crippen LogP) is 3.47. The molecule has 0 radical (unpaired) electrons. The highest BCUT2D eigenvalue weighted by Crippen LogP contribution is 2.32. The van der Waals surface area contributed by atoms with Crippen LogP contribution in [0.5, 0.6) is 0 Å². The minimum Gasteiger partial charge on any atom is -0.345 e. The molecule has 3 rings (SSSR count). The topological polar surface area (TPSA) is 62.8 Å². The molecule has 0 aliphatic rings. The number of aromatic nitrogens is 2. The quantitative estimate of drug-likeness (QED) is 0.769. The number of aryl methyl sites for hydroxylation is 1. The number of nitrogens with zero attached hydrogens (tertiary/aromatic N) is 1. The van der Waals surface area contributed by atoms with E-state index in [4.69, 9.17) is 0 Å². The van der Waals surface area contributed by atoms with E-state index < -0.39 is 9.84 Å². The van der Waals surface area contributed by atoms with Crippen molar-refractivity contribution >= 4 is 36.8 Å². The van der Waals surface area contributed by atoms with E-state index in [9.17, 15) is 8.42 Å². The third kappa shape index (κ3) is 2.05. The number of benzene rings is 1. The molecule has 1 N–H and O–H groups in total. The smallest absolute Gasteiger partial charge is 0.207 e. The molecular weight excluding hydrogens is 340 g/mol. The number of sulfone groups is 1. The van der Waals surface area contributed by atoms with Gasteiger partial charge >= 0.3 is 0 Å². The Bertz CT molecular complexity index is 883. The van der Waals surface area contributed by atoms with Crippen molar-refractivity contribution in [2.45, 2.75) is 16.7 Å². The molecule has 102 valence electrons. The summed E-state index contributed by atoms with van der Waals surface area (Å²) in [5, 5.41) is 0.577. The summed E-state index contributed by atoms with van der Waals surface area (Å²) < 4.78 is 26.2. The lowest BCUT2D eigenvalue weighted by Gasteiger charge is -2.06. The van der Waals surface area contributed by atoms with Crippen LogP contribution in [0.25, 0.3) is 11.0 Å². The number of fused-ring (bicyclic) bond motifs is 1. The number of halogens is 1. The molecule has 2 heterocycles. The van der Waals surface area contributed by atoms with E-state index in [1.54, 1.807) is 30.5 Å². The summed E-state index contributed by atoms with van der Waals surface area (Å²) in [5.74, 6) is 0. The summed E-state index contributed by atoms with van der Waals surface area (Å²) in [5.41, 5.74) is 1.57. The van der Waals surface area contributed by atoms with Crippen molar-refractivity contribution in [2.24, 2.45) is 0 Å². The van der Waals surface area contributed by atoms with Crippen LogP contribution < -0.4 is 0 Å². The molecule has 3 aromatic rings. The van der Waals surface area contributed by atoms with Crippen LogP contribution in [0, 0.1) is 6.92 Å². The SMILES string of the molecule is Cc1ccc(S(=O)(=O)c2ccnc3[nH]cc(Br)c23)cc1. The first-order valence-electron chi connectivity index (χ1n) is 5.93. The normalized spacial score (nSPS) is 11.9. The first-order valence-corrected chi connectivity index (χ1v) is 8.21. The number of nitrogens with one attached hydrogen (secondary N) is 1. The molecule has 0 saturated heterocycles. The van der Waals surface area contributed by atoms with Crippen molar-refractivity contribution in [3.63, 3.8) is 0 Å². The number of pyridine rings is 1. The zero-order chi connectivity index (χ0) is 14.3. The van der Waals surface area contributed by atoms with Crippen LogP contribution in [-0.2, 0) is 9.84 Å². The van der Waals surface area contributed by atoms with Crippen molar-refractivity contribution < 1.29 is 8.42 Å². The summed E-state index contributed by atoms with van der Waals surface area (Å²) in [6.07, 6.45) is 3.18. The number of hydrogen-bond acceptors (Lipinski definition) is 3. The molecule has 4 nitrogen and oxygen atoms in total. The molecule has 6 heteroatoms. The molecule has 20 heavy (non-hydrogen) atoms. The molecule has 0 unspecified atom stereocenters. The fraction of sp³-hybridized carbons (Fsp3) is 0.0714. The van der Waals surface area contributed by atoms with Crippen LogP contribution >= 0.6 is 15.9 Å². The third-order valence-electron chi connectivity index (χ3n) is 3.11. The molecule has 0 spiro atoms. The Balaban J connectivity index is 2.29. The van der Waals surface area contributed by atoms with Gasteiger partial charge in [-0.3, -0.25) is 0 Å². The van der Waals surface area contributed by atoms with Gasteiger partial charge in [0.1, 0.15) is 5.65 Å². The largest absolute Gasteiger partial charge is 0.345 e. The van der Waals surface area contributed by atoms with Gasteiger partial charge in [0.15, 0.2) is 0 Å². The van der Waals surface area contributed by atoms with E-state index in [1.807, 2.05) is 6.92 Å². The minimum atomic E-state index is -3.56. The Labute approximate surface area is 124 Å². The van der Waals surface area contributed by atoms with Gasteiger partial charge in [-0.2, -0.15) is 0 Å². The highest BCUT2D eigenvalue weighted by molar-refractivity contribution is 9.10. The molecular formula is C14H11BrN2O2S. The highest BCUT2D eigenvalue weighted by atomic mass is 79.9. The fourth-order valence-electron chi connectivity index (χ4n) is 2.06. The van der Waals surface area contributed by atoms with E-state index in [-0.39, 0.29) is 9.79 Å². The molecule has 0 amide bonds. The Kier molecular flexibility index (Phi) is 3.14. The van der Waals surface area contributed by atoms with Gasteiger partial charge in [-0.15, -0.1) is 0 Å². The van der Waals surface area contributed by atoms with E-state index in [2.05, 4.69) is 25.9 Å². The maximum absolute atomic E-state index is 12.7. The third-order valence-corrected chi connectivity index (χ3v) is 5.55. The highest BCUT2D eigenvalue weighted by Gasteiger charge is 2.22. The van der Waals surface area contributed by atoms with Crippen LogP contribution in [0.3, 0.4) is 0 Å². The standard InChI is InChI=1S/C14H11BrN2O2S/c1-9-2-4-10(5-3-9)20(18,19)12-6-7-16-14-13(12)11(15)8-17-14/h2-8H,1H3,(H,16,17). The van der Waals surface area contributed by atoms with Crippen molar-refractivity contribution in [2.75, 3.05) is 0 Å². The Hall–Kier alpha value is -1.66. The van der Waals surface area contributed by atoms with Gasteiger partial charge in [0.05, 0.1) is 15.2 Å². The Morgan fingerprint density at radius 2 is 1.85 bits per heavy atom. The van der Waals surface area contributed by atoms with Crippen LogP contribution in [0.4, 0.5) is 0 Å². The van der Waals surface area contributed by atoms with E-state index in [0.717, 1.165) is 5.56 Å². The molecule has 0 saturated carbocycles. The first kappa shape index (κ1) is 13.3. The fourth-order valence-corrected chi connectivity index (χ4v) is 4.17. The molecule has 2 aromatic heterocycles. The van der Waals surface area contributed by atoms with Crippen molar-refractivity contribution in [1.29, 1.82) is 0 Å². The number of hydrogen-bond donors (Lipinski definition) is 1. The minimum absolute atomic E-state index is 0.250. The van der Waals surface area contributed by atoms with E-state index in [1.165, 1.54) is 12.3 Å². The first-order chi connectivity index (χ1) is 9.50. The zero-order valence-corrected chi connectivity index (χ0v) is 13.0. The lowest BCUT2D eigenvalue weighted by molar-refractivity contribution is 0.597. The Morgan fingerprint density at radius 1 is 1.15 bits per heavy atom. The monoisotopic (exact) mass is 350 g/mol. The summed E-state index contributed by atoms with van der Waals surface area (Å²) in [6.45, 7) is 1.92. The van der Waals surface area contributed by atoms with Gasteiger partial charge in [0.25, 0.3) is 0 Å². The van der Waals surface area contributed by atoms with Crippen LogP contribution in [-0.4, -0.2) is 18.4 Å². The van der Waals surface area contributed by atoms with Crippen molar-refractivity contribution in [3.8, 4) is 0 Å². The van der Waals surface area contributed by atoms with Gasteiger partial charge in [-0.1, -0.05) is 17.7 Å². The number of rotatable bonds is 2. The molecule has 0 aliphatic carbocycles. The van der Waals surface area contributed by atoms with Crippen molar-refractivity contribution in [1.82, 2.24) is 9.97 Å². The molecule has 0 fully saturated rings. The second kappa shape index (κ2) is 4.71. The van der Waals surface area contributed by atoms with Gasteiger partial charge < -0.3 is 4.98 Å². The average molecular weight is 351 g/mol. The van der Waals surface area contributed by atoms with E-state index in [0.29, 0.717) is 15.5 Å². The summed E-state index contributed by atoms with van der Waals surface area (Å²) in [4.78, 5) is 7.60.